The second kappa shape index (κ2) is 4.29. The van der Waals surface area contributed by atoms with Crippen LogP contribution in [0.1, 0.15) is 11.1 Å². The molecule has 0 radical (unpaired) electrons. The van der Waals surface area contributed by atoms with E-state index in [4.69, 9.17) is 0 Å². The summed E-state index contributed by atoms with van der Waals surface area (Å²) in [6.45, 7) is 0. The summed E-state index contributed by atoms with van der Waals surface area (Å²) >= 11 is 0. The first kappa shape index (κ1) is 12.8. The average molecular weight is 250 g/mol. The van der Waals surface area contributed by atoms with Crippen LogP contribution in [0.4, 0.5) is 13.2 Å². The Kier molecular flexibility index (Phi) is 3.42. The SMILES string of the molecule is CS(=O)(=O)/C=C/c1cccc(C(F)(F)F)c1. The van der Waals surface area contributed by atoms with E-state index in [1.807, 2.05) is 0 Å². The highest BCUT2D eigenvalue weighted by molar-refractivity contribution is 7.93. The molecular weight excluding hydrogens is 241 g/mol. The van der Waals surface area contributed by atoms with Crippen LogP contribution in [-0.2, 0) is 16.0 Å². The monoisotopic (exact) mass is 250 g/mol. The van der Waals surface area contributed by atoms with E-state index in [-0.39, 0.29) is 5.56 Å². The van der Waals surface area contributed by atoms with Crippen LogP contribution < -0.4 is 0 Å². The Morgan fingerprint density at radius 1 is 1.25 bits per heavy atom. The van der Waals surface area contributed by atoms with E-state index < -0.39 is 21.6 Å². The van der Waals surface area contributed by atoms with Gasteiger partial charge in [0.15, 0.2) is 9.84 Å². The smallest absolute Gasteiger partial charge is 0.225 e. The first-order chi connectivity index (χ1) is 7.18. The zero-order chi connectivity index (χ0) is 12.4. The molecular formula is C10H9F3O2S. The van der Waals surface area contributed by atoms with Crippen molar-refractivity contribution >= 4 is 15.9 Å². The Hall–Kier alpha value is -1.30. The minimum atomic E-state index is -4.42. The zero-order valence-electron chi connectivity index (χ0n) is 8.32. The third kappa shape index (κ3) is 4.06. The summed E-state index contributed by atoms with van der Waals surface area (Å²) in [6, 6.07) is 4.45. The lowest BCUT2D eigenvalue weighted by atomic mass is 10.1. The van der Waals surface area contributed by atoms with Crippen LogP contribution >= 0.6 is 0 Å². The van der Waals surface area contributed by atoms with E-state index in [2.05, 4.69) is 0 Å². The van der Waals surface area contributed by atoms with Gasteiger partial charge in [0.1, 0.15) is 0 Å². The molecule has 0 unspecified atom stereocenters. The van der Waals surface area contributed by atoms with Crippen molar-refractivity contribution in [1.82, 2.24) is 0 Å². The van der Waals surface area contributed by atoms with Crippen molar-refractivity contribution in [1.29, 1.82) is 0 Å². The van der Waals surface area contributed by atoms with E-state index >= 15 is 0 Å². The molecule has 1 aromatic carbocycles. The molecule has 0 N–H and O–H groups in total. The summed E-state index contributed by atoms with van der Waals surface area (Å²) in [4.78, 5) is 0. The molecule has 6 heteroatoms. The van der Waals surface area contributed by atoms with Gasteiger partial charge in [-0.25, -0.2) is 8.42 Å². The van der Waals surface area contributed by atoms with E-state index in [0.717, 1.165) is 29.9 Å². The van der Waals surface area contributed by atoms with Crippen molar-refractivity contribution in [2.45, 2.75) is 6.18 Å². The van der Waals surface area contributed by atoms with Gasteiger partial charge >= 0.3 is 6.18 Å². The van der Waals surface area contributed by atoms with Crippen molar-refractivity contribution in [2.75, 3.05) is 6.26 Å². The minimum Gasteiger partial charge on any atom is -0.225 e. The summed E-state index contributed by atoms with van der Waals surface area (Å²) in [5.74, 6) is 0. The van der Waals surface area contributed by atoms with Crippen molar-refractivity contribution in [3.63, 3.8) is 0 Å². The normalized spacial score (nSPS) is 13.2. The Bertz CT molecular complexity index is 501. The van der Waals surface area contributed by atoms with Crippen LogP contribution in [0.25, 0.3) is 6.08 Å². The molecule has 0 heterocycles. The van der Waals surface area contributed by atoms with Crippen LogP contribution in [0.2, 0.25) is 0 Å². The second-order valence-corrected chi connectivity index (χ2v) is 5.19. The van der Waals surface area contributed by atoms with Crippen molar-refractivity contribution < 1.29 is 21.6 Å². The molecule has 0 fully saturated rings. The molecule has 0 atom stereocenters. The number of rotatable bonds is 2. The lowest BCUT2D eigenvalue weighted by Gasteiger charge is -2.06. The molecule has 1 aromatic rings. The van der Waals surface area contributed by atoms with Gasteiger partial charge in [0.25, 0.3) is 0 Å². The molecule has 1 rings (SSSR count). The van der Waals surface area contributed by atoms with Crippen molar-refractivity contribution in [2.24, 2.45) is 0 Å². The molecule has 2 nitrogen and oxygen atoms in total. The van der Waals surface area contributed by atoms with Gasteiger partial charge in [-0.1, -0.05) is 12.1 Å². The van der Waals surface area contributed by atoms with Gasteiger partial charge in [-0.3, -0.25) is 0 Å². The van der Waals surface area contributed by atoms with Gasteiger partial charge < -0.3 is 0 Å². The molecule has 0 aliphatic rings. The molecule has 16 heavy (non-hydrogen) atoms. The first-order valence-corrected chi connectivity index (χ1v) is 6.19. The molecule has 0 bridgehead atoms. The molecule has 0 amide bonds. The fraction of sp³-hybridized carbons (Fsp3) is 0.200. The Labute approximate surface area is 91.3 Å². The standard InChI is InChI=1S/C10H9F3O2S/c1-16(14,15)6-5-8-3-2-4-9(7-8)10(11,12)13/h2-7H,1H3/b6-5+. The quantitative estimate of drug-likeness (QED) is 0.808. The third-order valence-corrected chi connectivity index (χ3v) is 2.35. The highest BCUT2D eigenvalue weighted by Crippen LogP contribution is 2.29. The van der Waals surface area contributed by atoms with Crippen LogP contribution in [0.3, 0.4) is 0 Å². The number of halogens is 3. The lowest BCUT2D eigenvalue weighted by Crippen LogP contribution is -2.04. The number of sulfone groups is 1. The molecule has 0 saturated heterocycles. The number of hydrogen-bond acceptors (Lipinski definition) is 2. The first-order valence-electron chi connectivity index (χ1n) is 4.24. The number of benzene rings is 1. The van der Waals surface area contributed by atoms with E-state index in [1.165, 1.54) is 12.1 Å². The van der Waals surface area contributed by atoms with Crippen LogP contribution in [0.15, 0.2) is 29.7 Å². The van der Waals surface area contributed by atoms with Crippen molar-refractivity contribution in [3.8, 4) is 0 Å². The maximum atomic E-state index is 12.3. The predicted octanol–water partition coefficient (Wildman–Crippen LogP) is 2.72. The Balaban J connectivity index is 3.05. The van der Waals surface area contributed by atoms with E-state index in [9.17, 15) is 21.6 Å². The van der Waals surface area contributed by atoms with E-state index in [1.54, 1.807) is 0 Å². The summed E-state index contributed by atoms with van der Waals surface area (Å²) in [5.41, 5.74) is -0.608. The summed E-state index contributed by atoms with van der Waals surface area (Å²) in [6.07, 6.45) is -2.32. The van der Waals surface area contributed by atoms with E-state index in [0.29, 0.717) is 0 Å². The fourth-order valence-corrected chi connectivity index (χ4v) is 1.43. The van der Waals surface area contributed by atoms with Gasteiger partial charge in [-0.15, -0.1) is 0 Å². The zero-order valence-corrected chi connectivity index (χ0v) is 9.14. The topological polar surface area (TPSA) is 34.1 Å². The van der Waals surface area contributed by atoms with Gasteiger partial charge in [-0.2, -0.15) is 13.2 Å². The maximum absolute atomic E-state index is 12.3. The fourth-order valence-electron chi connectivity index (χ4n) is 1.02. The second-order valence-electron chi connectivity index (χ2n) is 3.26. The molecule has 0 aliphatic carbocycles. The number of hydrogen-bond donors (Lipinski definition) is 0. The molecule has 0 aliphatic heterocycles. The largest absolute Gasteiger partial charge is 0.416 e. The van der Waals surface area contributed by atoms with Crippen LogP contribution in [0, 0.1) is 0 Å². The van der Waals surface area contributed by atoms with Crippen LogP contribution in [-0.4, -0.2) is 14.7 Å². The predicted molar refractivity (Wildman–Crippen MR) is 55.3 cm³/mol. The summed E-state index contributed by atoms with van der Waals surface area (Å²) in [5, 5.41) is 0.864. The Morgan fingerprint density at radius 2 is 1.88 bits per heavy atom. The molecule has 88 valence electrons. The van der Waals surface area contributed by atoms with Crippen molar-refractivity contribution in [3.05, 3.63) is 40.8 Å². The minimum absolute atomic E-state index is 0.195. The maximum Gasteiger partial charge on any atom is 0.416 e. The third-order valence-electron chi connectivity index (χ3n) is 1.72. The van der Waals surface area contributed by atoms with Gasteiger partial charge in [-0.05, 0) is 23.8 Å². The number of alkyl halides is 3. The highest BCUT2D eigenvalue weighted by Gasteiger charge is 2.30. The van der Waals surface area contributed by atoms with Crippen LogP contribution in [0.5, 0.6) is 0 Å². The molecule has 0 aromatic heterocycles. The average Bonchev–Trinajstić information content (AvgIpc) is 2.13. The van der Waals surface area contributed by atoms with Gasteiger partial charge in [0.05, 0.1) is 5.56 Å². The van der Waals surface area contributed by atoms with Gasteiger partial charge in [0, 0.05) is 11.7 Å². The lowest BCUT2D eigenvalue weighted by molar-refractivity contribution is -0.137. The Morgan fingerprint density at radius 3 is 2.38 bits per heavy atom. The molecule has 0 saturated carbocycles. The summed E-state index contributed by atoms with van der Waals surface area (Å²) in [7, 11) is -3.33. The summed E-state index contributed by atoms with van der Waals surface area (Å²) < 4.78 is 58.5. The molecule has 0 spiro atoms. The van der Waals surface area contributed by atoms with Gasteiger partial charge in [0.2, 0.25) is 0 Å². The highest BCUT2D eigenvalue weighted by atomic mass is 32.2.